The molecule has 0 aliphatic heterocycles. The Bertz CT molecular complexity index is 279. The zero-order valence-corrected chi connectivity index (χ0v) is 6.93. The highest BCUT2D eigenvalue weighted by atomic mass is 35.5. The van der Waals surface area contributed by atoms with Crippen LogP contribution in [0, 0.1) is 0 Å². The van der Waals surface area contributed by atoms with E-state index in [0.29, 0.717) is 5.56 Å². The van der Waals surface area contributed by atoms with Gasteiger partial charge in [0, 0.05) is 5.54 Å². The number of para-hydroxylation sites is 1. The molecule has 58 valence electrons. The van der Waals surface area contributed by atoms with Crippen molar-refractivity contribution in [3.8, 4) is 5.75 Å². The largest absolute Gasteiger partial charge is 0.872 e. The van der Waals surface area contributed by atoms with Gasteiger partial charge in [0.25, 0.3) is 0 Å². The van der Waals surface area contributed by atoms with Crippen LogP contribution in [0.3, 0.4) is 0 Å². The van der Waals surface area contributed by atoms with E-state index >= 15 is 0 Å². The molecule has 11 heavy (non-hydrogen) atoms. The molecule has 0 unspecified atom stereocenters. The maximum absolute atomic E-state index is 11.1. The van der Waals surface area contributed by atoms with Crippen molar-refractivity contribution in [3.05, 3.63) is 35.4 Å². The summed E-state index contributed by atoms with van der Waals surface area (Å²) in [6.45, 7) is 1.81. The van der Waals surface area contributed by atoms with Gasteiger partial charge in [-0.1, -0.05) is 35.9 Å². The Hall–Kier alpha value is -0.950. The lowest BCUT2D eigenvalue weighted by molar-refractivity contribution is -0.268. The van der Waals surface area contributed by atoms with Gasteiger partial charge in [0.05, 0.1) is 0 Å². The molecule has 0 spiro atoms. The summed E-state index contributed by atoms with van der Waals surface area (Å²) in [6, 6.07) is 6.82. The molecular formula is C9H8ClO-. The molecule has 1 aromatic rings. The van der Waals surface area contributed by atoms with Crippen LogP contribution in [0.15, 0.2) is 29.8 Å². The van der Waals surface area contributed by atoms with Crippen LogP contribution in [0.1, 0.15) is 12.5 Å². The fourth-order valence-corrected chi connectivity index (χ4v) is 0.969. The normalized spacial score (nSPS) is 11.6. The minimum Gasteiger partial charge on any atom is -0.872 e. The topological polar surface area (TPSA) is 23.1 Å². The first-order valence-electron chi connectivity index (χ1n) is 3.29. The Morgan fingerprint density at radius 3 is 2.64 bits per heavy atom. The predicted molar refractivity (Wildman–Crippen MR) is 45.4 cm³/mol. The summed E-state index contributed by atoms with van der Waals surface area (Å²) >= 11 is 5.46. The van der Waals surface area contributed by atoms with E-state index in [-0.39, 0.29) is 5.75 Å². The van der Waals surface area contributed by atoms with Gasteiger partial charge in [-0.15, -0.1) is 5.75 Å². The summed E-state index contributed by atoms with van der Waals surface area (Å²) in [6.07, 6.45) is 0. The molecule has 0 N–H and O–H groups in total. The smallest absolute Gasteiger partial charge is 0.00775 e. The average molecular weight is 168 g/mol. The van der Waals surface area contributed by atoms with Crippen LogP contribution in [-0.2, 0) is 0 Å². The van der Waals surface area contributed by atoms with E-state index in [2.05, 4.69) is 0 Å². The van der Waals surface area contributed by atoms with Crippen LogP contribution >= 0.6 is 11.6 Å². The molecule has 0 saturated heterocycles. The van der Waals surface area contributed by atoms with Crippen molar-refractivity contribution in [1.82, 2.24) is 0 Å². The lowest BCUT2D eigenvalue weighted by Crippen LogP contribution is -1.93. The number of benzene rings is 1. The van der Waals surface area contributed by atoms with Crippen LogP contribution in [0.25, 0.3) is 5.57 Å². The van der Waals surface area contributed by atoms with Gasteiger partial charge in [0.1, 0.15) is 0 Å². The Balaban J connectivity index is 3.14. The fourth-order valence-electron chi connectivity index (χ4n) is 0.851. The van der Waals surface area contributed by atoms with Gasteiger partial charge in [0.15, 0.2) is 0 Å². The van der Waals surface area contributed by atoms with Crippen molar-refractivity contribution in [2.75, 3.05) is 0 Å². The Morgan fingerprint density at radius 1 is 1.45 bits per heavy atom. The predicted octanol–water partition coefficient (Wildman–Crippen LogP) is 2.36. The quantitative estimate of drug-likeness (QED) is 0.630. The van der Waals surface area contributed by atoms with E-state index < -0.39 is 0 Å². The maximum atomic E-state index is 11.1. The van der Waals surface area contributed by atoms with E-state index in [1.807, 2.05) is 13.0 Å². The van der Waals surface area contributed by atoms with E-state index in [1.165, 1.54) is 11.6 Å². The van der Waals surface area contributed by atoms with Gasteiger partial charge in [-0.2, -0.15) is 0 Å². The zero-order chi connectivity index (χ0) is 8.27. The Labute approximate surface area is 70.9 Å². The van der Waals surface area contributed by atoms with Gasteiger partial charge >= 0.3 is 0 Å². The minimum absolute atomic E-state index is 0.0156. The number of halogens is 1. The number of hydrogen-bond acceptors (Lipinski definition) is 1. The van der Waals surface area contributed by atoms with E-state index in [4.69, 9.17) is 11.6 Å². The lowest BCUT2D eigenvalue weighted by Gasteiger charge is -2.11. The Kier molecular flexibility index (Phi) is 2.55. The molecule has 0 fully saturated rings. The molecular weight excluding hydrogens is 160 g/mol. The lowest BCUT2D eigenvalue weighted by atomic mass is 10.1. The van der Waals surface area contributed by atoms with Gasteiger partial charge < -0.3 is 5.11 Å². The van der Waals surface area contributed by atoms with Crippen molar-refractivity contribution in [2.24, 2.45) is 0 Å². The number of hydrogen-bond donors (Lipinski definition) is 0. The van der Waals surface area contributed by atoms with E-state index in [9.17, 15) is 5.11 Å². The van der Waals surface area contributed by atoms with Crippen LogP contribution in [0.2, 0.25) is 0 Å². The first-order valence-corrected chi connectivity index (χ1v) is 3.72. The van der Waals surface area contributed by atoms with Crippen molar-refractivity contribution in [1.29, 1.82) is 0 Å². The second kappa shape index (κ2) is 3.44. The molecule has 1 aromatic carbocycles. The first-order chi connectivity index (χ1) is 5.25. The van der Waals surface area contributed by atoms with E-state index in [1.54, 1.807) is 12.1 Å². The third-order valence-electron chi connectivity index (χ3n) is 1.48. The molecule has 0 aliphatic rings. The molecule has 0 atom stereocenters. The molecule has 0 saturated carbocycles. The van der Waals surface area contributed by atoms with Crippen LogP contribution in [0.4, 0.5) is 0 Å². The van der Waals surface area contributed by atoms with Crippen molar-refractivity contribution >= 4 is 17.2 Å². The fraction of sp³-hybridized carbons (Fsp3) is 0.111. The average Bonchev–Trinajstić information content (AvgIpc) is 2.04. The molecule has 0 aliphatic carbocycles. The highest BCUT2D eigenvalue weighted by Crippen LogP contribution is 2.21. The summed E-state index contributed by atoms with van der Waals surface area (Å²) in [5, 5.41) is 11.1. The van der Waals surface area contributed by atoms with Crippen molar-refractivity contribution < 1.29 is 5.11 Å². The van der Waals surface area contributed by atoms with Crippen LogP contribution in [-0.4, -0.2) is 0 Å². The van der Waals surface area contributed by atoms with E-state index in [0.717, 1.165) is 5.57 Å². The van der Waals surface area contributed by atoms with Crippen LogP contribution < -0.4 is 5.11 Å². The monoisotopic (exact) mass is 167 g/mol. The Morgan fingerprint density at radius 2 is 2.09 bits per heavy atom. The first kappa shape index (κ1) is 8.15. The molecule has 1 nitrogen and oxygen atoms in total. The van der Waals surface area contributed by atoms with Crippen LogP contribution in [0.5, 0.6) is 5.75 Å². The summed E-state index contributed by atoms with van der Waals surface area (Å²) in [5.74, 6) is 0.0156. The van der Waals surface area contributed by atoms with Crippen molar-refractivity contribution in [2.45, 2.75) is 6.92 Å². The second-order valence-electron chi connectivity index (χ2n) is 2.29. The number of rotatable bonds is 1. The zero-order valence-electron chi connectivity index (χ0n) is 6.17. The number of allylic oxidation sites excluding steroid dienone is 1. The molecule has 0 bridgehead atoms. The van der Waals surface area contributed by atoms with Gasteiger partial charge in [-0.25, -0.2) is 0 Å². The highest BCUT2D eigenvalue weighted by molar-refractivity contribution is 6.28. The minimum atomic E-state index is 0.0156. The van der Waals surface area contributed by atoms with Gasteiger partial charge in [-0.3, -0.25) is 0 Å². The molecule has 0 heterocycles. The summed E-state index contributed by atoms with van der Waals surface area (Å²) in [4.78, 5) is 0. The van der Waals surface area contributed by atoms with Crippen molar-refractivity contribution in [3.63, 3.8) is 0 Å². The summed E-state index contributed by atoms with van der Waals surface area (Å²) in [7, 11) is 0. The highest BCUT2D eigenvalue weighted by Gasteiger charge is 1.93. The maximum Gasteiger partial charge on any atom is 0.00775 e. The summed E-state index contributed by atoms with van der Waals surface area (Å²) < 4.78 is 0. The standard InChI is InChI=1S/C9H9ClO/c1-7(6-10)8-4-2-3-5-9(8)11/h2-6,11H,1H3/p-1/b7-6+. The molecule has 0 radical (unpaired) electrons. The molecule has 0 amide bonds. The third-order valence-corrected chi connectivity index (χ3v) is 1.80. The molecule has 2 heteroatoms. The van der Waals surface area contributed by atoms with Gasteiger partial charge in [-0.05, 0) is 18.1 Å². The molecule has 1 rings (SSSR count). The van der Waals surface area contributed by atoms with Gasteiger partial charge in [0.2, 0.25) is 0 Å². The molecule has 0 aromatic heterocycles. The third kappa shape index (κ3) is 1.75. The SMILES string of the molecule is C/C(=C\Cl)c1ccccc1[O-]. The summed E-state index contributed by atoms with van der Waals surface area (Å²) in [5.41, 5.74) is 2.89. The second-order valence-corrected chi connectivity index (χ2v) is 2.51.